The monoisotopic (exact) mass is 986 g/mol. The second-order valence-corrected chi connectivity index (χ2v) is 26.1. The molecule has 3 N–H and O–H groups in total. The number of methoxy groups -OCH3 is 2. The van der Waals surface area contributed by atoms with Crippen molar-refractivity contribution in [2.75, 3.05) is 93.4 Å². The number of aromatic hydroxyl groups is 1. The zero-order valence-electron chi connectivity index (χ0n) is 43.0. The number of likely N-dealkylation sites (tertiary alicyclic amines) is 1. The number of rotatable bonds is 24. The maximum Gasteiger partial charge on any atom is 0.274 e. The molecule has 2 atom stereocenters. The summed E-state index contributed by atoms with van der Waals surface area (Å²) >= 11 is 0. The molecule has 2 amide bonds. The van der Waals surface area contributed by atoms with Gasteiger partial charge in [-0.3, -0.25) is 19.1 Å². The van der Waals surface area contributed by atoms with Crippen molar-refractivity contribution in [3.8, 4) is 5.75 Å². The van der Waals surface area contributed by atoms with Gasteiger partial charge in [-0.25, -0.2) is 0 Å². The fourth-order valence-electron chi connectivity index (χ4n) is 9.33. The number of carbonyl (C=O) groups is 2. The number of hydrogen-bond acceptors (Lipinski definition) is 12. The van der Waals surface area contributed by atoms with E-state index in [1.54, 1.807) is 38.3 Å². The van der Waals surface area contributed by atoms with Crippen LogP contribution < -0.4 is 10.9 Å². The minimum Gasteiger partial charge on any atom is -0.506 e. The number of aromatic amines is 1. The first kappa shape index (κ1) is 53.3. The van der Waals surface area contributed by atoms with E-state index in [0.29, 0.717) is 62.9 Å². The highest BCUT2D eigenvalue weighted by atomic mass is 28.4. The molecule has 1 saturated carbocycles. The number of hydrogen-bond donors (Lipinski definition) is 3. The van der Waals surface area contributed by atoms with Crippen molar-refractivity contribution in [1.82, 2.24) is 34.8 Å². The maximum atomic E-state index is 13.9. The Hall–Kier alpha value is -4.46. The zero-order valence-corrected chi connectivity index (χ0v) is 44.0. The zero-order chi connectivity index (χ0) is 50.1. The molecule has 4 aromatic rings. The number of benzene rings is 2. The predicted octanol–water partition coefficient (Wildman–Crippen LogP) is 6.39. The topological polar surface area (TPSA) is 173 Å². The van der Waals surface area contributed by atoms with Crippen molar-refractivity contribution in [2.45, 2.75) is 108 Å². The number of piperidine rings is 1. The standard InChI is InChI=1S/C53H79N7O9Si/c1-52(2,3)70(7,8)69-46(42-15-17-45(61)49-43(42)16-18-47(62)55-49)33-54-25-19-41(50(63)57(4)35-48(65-5)66-6)36-67-31-22-39-11-9-38(10-12-39)20-26-58-28-23-53(24-29-58)37-59(30-32-68-53)51(64)44-21-27-60(56-44)34-40-13-14-40/h9-12,15-18,21,27,40-41,46,48,54,61H,13-14,19-20,22-26,28-37H2,1-8H3,(H,55,62)/t41?,46-/m0/s1. The molecule has 0 radical (unpaired) electrons. The van der Waals surface area contributed by atoms with Crippen LogP contribution in [0.1, 0.15) is 86.2 Å². The van der Waals surface area contributed by atoms with E-state index in [-0.39, 0.29) is 53.0 Å². The van der Waals surface area contributed by atoms with Gasteiger partial charge in [-0.15, -0.1) is 0 Å². The number of phenolic OH excluding ortho intramolecular Hbond substituents is 1. The van der Waals surface area contributed by atoms with Crippen LogP contribution in [0, 0.1) is 11.8 Å². The fraction of sp³-hybridized carbons (Fsp3) is 0.623. The van der Waals surface area contributed by atoms with E-state index in [1.807, 2.05) is 27.9 Å². The van der Waals surface area contributed by atoms with Crippen molar-refractivity contribution < 1.29 is 38.1 Å². The number of morpholine rings is 1. The average Bonchev–Trinajstić information content (AvgIpc) is 4.04. The molecular weight excluding hydrogens is 907 g/mol. The molecule has 4 heterocycles. The van der Waals surface area contributed by atoms with Crippen molar-refractivity contribution in [2.24, 2.45) is 11.8 Å². The Kier molecular flexibility index (Phi) is 18.2. The van der Waals surface area contributed by atoms with E-state index < -0.39 is 20.5 Å². The van der Waals surface area contributed by atoms with Crippen LogP contribution in [0.3, 0.4) is 0 Å². The summed E-state index contributed by atoms with van der Waals surface area (Å²) in [6.45, 7) is 18.5. The molecule has 2 aromatic heterocycles. The summed E-state index contributed by atoms with van der Waals surface area (Å²) < 4.78 is 32.4. The second-order valence-electron chi connectivity index (χ2n) is 21.3. The number of nitrogens with zero attached hydrogens (tertiary/aromatic N) is 5. The molecule has 1 aliphatic carbocycles. The Morgan fingerprint density at radius 3 is 2.40 bits per heavy atom. The number of pyridine rings is 1. The molecule has 1 unspecified atom stereocenters. The Morgan fingerprint density at radius 1 is 1.00 bits per heavy atom. The number of carbonyl (C=O) groups excluding carboxylic acids is 2. The van der Waals surface area contributed by atoms with Gasteiger partial charge < -0.3 is 53.5 Å². The molecule has 70 heavy (non-hydrogen) atoms. The normalized spacial score (nSPS) is 17.6. The van der Waals surface area contributed by atoms with Crippen molar-refractivity contribution in [1.29, 1.82) is 0 Å². The van der Waals surface area contributed by atoms with Gasteiger partial charge in [0.1, 0.15) is 11.4 Å². The Bertz CT molecular complexity index is 2390. The molecule has 17 heteroatoms. The van der Waals surface area contributed by atoms with Crippen LogP contribution in [0.15, 0.2) is 65.6 Å². The lowest BCUT2D eigenvalue weighted by atomic mass is 9.89. The van der Waals surface area contributed by atoms with E-state index in [2.05, 4.69) is 78.4 Å². The summed E-state index contributed by atoms with van der Waals surface area (Å²) in [5.41, 5.74) is 3.67. The van der Waals surface area contributed by atoms with Crippen LogP contribution in [0.5, 0.6) is 5.75 Å². The van der Waals surface area contributed by atoms with Crippen LogP contribution in [-0.2, 0) is 47.6 Å². The molecule has 2 aliphatic heterocycles. The number of ether oxygens (including phenoxy) is 4. The summed E-state index contributed by atoms with van der Waals surface area (Å²) in [4.78, 5) is 48.5. The molecule has 7 rings (SSSR count). The third-order valence-electron chi connectivity index (χ3n) is 15.1. The summed E-state index contributed by atoms with van der Waals surface area (Å²) in [5.74, 6) is 0.252. The molecule has 2 aromatic carbocycles. The van der Waals surface area contributed by atoms with Crippen LogP contribution in [0.25, 0.3) is 10.9 Å². The van der Waals surface area contributed by atoms with Crippen molar-refractivity contribution in [3.05, 3.63) is 93.5 Å². The summed E-state index contributed by atoms with van der Waals surface area (Å²) in [5, 5.41) is 19.5. The van der Waals surface area contributed by atoms with Gasteiger partial charge in [0, 0.05) is 78.2 Å². The van der Waals surface area contributed by atoms with Crippen LogP contribution in [0.2, 0.25) is 18.1 Å². The minimum atomic E-state index is -2.28. The third kappa shape index (κ3) is 14.1. The lowest BCUT2D eigenvalue weighted by molar-refractivity contribution is -0.148. The smallest absolute Gasteiger partial charge is 0.274 e. The van der Waals surface area contributed by atoms with Gasteiger partial charge in [0.05, 0.1) is 56.0 Å². The van der Waals surface area contributed by atoms with Gasteiger partial charge in [-0.05, 0) is 110 Å². The average molecular weight is 986 g/mol. The lowest BCUT2D eigenvalue weighted by Gasteiger charge is -2.47. The van der Waals surface area contributed by atoms with Crippen LogP contribution in [-0.4, -0.2) is 160 Å². The lowest BCUT2D eigenvalue weighted by Crippen LogP contribution is -2.58. The predicted molar refractivity (Wildman–Crippen MR) is 274 cm³/mol. The van der Waals surface area contributed by atoms with E-state index in [4.69, 9.17) is 23.4 Å². The van der Waals surface area contributed by atoms with Crippen LogP contribution >= 0.6 is 0 Å². The van der Waals surface area contributed by atoms with Crippen molar-refractivity contribution >= 4 is 31.0 Å². The largest absolute Gasteiger partial charge is 0.506 e. The number of aromatic nitrogens is 3. The number of fused-ring (bicyclic) bond motifs is 1. The van der Waals surface area contributed by atoms with Gasteiger partial charge in [0.25, 0.3) is 5.91 Å². The van der Waals surface area contributed by atoms with E-state index in [1.165, 1.54) is 30.0 Å². The third-order valence-corrected chi connectivity index (χ3v) is 19.6. The van der Waals surface area contributed by atoms with Gasteiger partial charge >= 0.3 is 0 Å². The molecule has 16 nitrogen and oxygen atoms in total. The molecular formula is C53H79N7O9Si. The highest BCUT2D eigenvalue weighted by Gasteiger charge is 2.42. The van der Waals surface area contributed by atoms with E-state index in [9.17, 15) is 19.5 Å². The van der Waals surface area contributed by atoms with E-state index >= 15 is 0 Å². The number of likely N-dealkylation sites (N-methyl/N-ethyl adjacent to an activating group) is 1. The Morgan fingerprint density at radius 2 is 1.71 bits per heavy atom. The summed E-state index contributed by atoms with van der Waals surface area (Å²) in [6, 6.07) is 17.3. The number of amides is 2. The minimum absolute atomic E-state index is 0.00328. The van der Waals surface area contributed by atoms with Gasteiger partial charge in [-0.1, -0.05) is 51.1 Å². The first-order valence-electron chi connectivity index (χ1n) is 25.3. The molecule has 384 valence electrons. The quantitative estimate of drug-likeness (QED) is 0.0402. The Balaban J connectivity index is 0.879. The first-order valence-corrected chi connectivity index (χ1v) is 28.3. The molecule has 3 aliphatic rings. The first-order chi connectivity index (χ1) is 33.5. The van der Waals surface area contributed by atoms with E-state index in [0.717, 1.165) is 62.8 Å². The highest BCUT2D eigenvalue weighted by molar-refractivity contribution is 6.74. The van der Waals surface area contributed by atoms with Crippen molar-refractivity contribution in [3.63, 3.8) is 0 Å². The second kappa shape index (κ2) is 23.8. The number of H-pyrrole nitrogens is 1. The highest BCUT2D eigenvalue weighted by Crippen LogP contribution is 2.41. The van der Waals surface area contributed by atoms with Crippen LogP contribution in [0.4, 0.5) is 0 Å². The summed E-state index contributed by atoms with van der Waals surface area (Å²) in [7, 11) is 2.60. The molecule has 0 bridgehead atoms. The molecule has 3 fully saturated rings. The number of phenols is 1. The summed E-state index contributed by atoms with van der Waals surface area (Å²) in [6.07, 6.45) is 7.53. The fourth-order valence-corrected chi connectivity index (χ4v) is 10.6. The van der Waals surface area contributed by atoms with Gasteiger partial charge in [-0.2, -0.15) is 5.10 Å². The Labute approximate surface area is 415 Å². The van der Waals surface area contributed by atoms with Gasteiger partial charge in [0.2, 0.25) is 11.5 Å². The van der Waals surface area contributed by atoms with Gasteiger partial charge in [0.15, 0.2) is 14.6 Å². The SMILES string of the molecule is COC(CN(C)C(=O)C(CCNC[C@H](O[Si](C)(C)C(C)(C)C)c1ccc(O)c2[nH]c(=O)ccc12)COCCc1ccc(CCN2CCC3(CC2)CN(C(=O)c2ccn(CC4CC4)n2)CCO3)cc1)OC. The number of nitrogens with one attached hydrogen (secondary N) is 2. The molecule has 1 spiro atoms. The maximum absolute atomic E-state index is 13.9. The molecule has 2 saturated heterocycles.